The van der Waals surface area contributed by atoms with Crippen LogP contribution in [0, 0.1) is 0 Å². The first-order chi connectivity index (χ1) is 15.7. The van der Waals surface area contributed by atoms with Gasteiger partial charge < -0.3 is 26.2 Å². The third-order valence-electron chi connectivity index (χ3n) is 4.48. The molecule has 0 aliphatic heterocycles. The minimum atomic E-state index is -1.11. The molecule has 0 aliphatic rings. The SMILES string of the molecule is C/C=C(\NC(=O)c1cccc(CN)n1)C(=O)N[C@@H](CC)C(=O)O[C@H](/C=C/CCC)CC(=O)O. The van der Waals surface area contributed by atoms with E-state index in [1.165, 1.54) is 18.2 Å². The second-order valence-corrected chi connectivity index (χ2v) is 7.10. The molecule has 0 saturated heterocycles. The Kier molecular flexibility index (Phi) is 12.1. The lowest BCUT2D eigenvalue weighted by Gasteiger charge is -2.20. The van der Waals surface area contributed by atoms with E-state index in [1.54, 1.807) is 32.1 Å². The van der Waals surface area contributed by atoms with Crippen LogP contribution < -0.4 is 16.4 Å². The van der Waals surface area contributed by atoms with Gasteiger partial charge in [-0.05, 0) is 38.0 Å². The van der Waals surface area contributed by atoms with Crippen LogP contribution in [0.3, 0.4) is 0 Å². The number of aliphatic carboxylic acids is 1. The molecule has 0 aromatic carbocycles. The van der Waals surface area contributed by atoms with E-state index in [2.05, 4.69) is 15.6 Å². The zero-order valence-corrected chi connectivity index (χ0v) is 19.2. The lowest BCUT2D eigenvalue weighted by molar-refractivity contribution is -0.153. The predicted molar refractivity (Wildman–Crippen MR) is 122 cm³/mol. The number of amides is 2. The normalized spacial score (nSPS) is 13.3. The molecule has 0 aliphatic carbocycles. The summed E-state index contributed by atoms with van der Waals surface area (Å²) in [7, 11) is 0. The average Bonchev–Trinajstić information content (AvgIpc) is 2.80. The quantitative estimate of drug-likeness (QED) is 0.197. The van der Waals surface area contributed by atoms with Gasteiger partial charge in [0.25, 0.3) is 11.8 Å². The Morgan fingerprint density at radius 3 is 2.55 bits per heavy atom. The van der Waals surface area contributed by atoms with Crippen LogP contribution in [0.25, 0.3) is 0 Å². The van der Waals surface area contributed by atoms with Crippen LogP contribution in [-0.2, 0) is 25.7 Å². The topological polar surface area (TPSA) is 161 Å². The summed E-state index contributed by atoms with van der Waals surface area (Å²) in [6, 6.07) is 3.76. The van der Waals surface area contributed by atoms with Crippen molar-refractivity contribution in [1.82, 2.24) is 15.6 Å². The number of hydrogen-bond donors (Lipinski definition) is 4. The third kappa shape index (κ3) is 9.65. The van der Waals surface area contributed by atoms with Gasteiger partial charge in [0.05, 0.1) is 12.1 Å². The van der Waals surface area contributed by atoms with Gasteiger partial charge in [-0.3, -0.25) is 14.4 Å². The largest absolute Gasteiger partial charge is 0.481 e. The summed E-state index contributed by atoms with van der Waals surface area (Å²) in [4.78, 5) is 52.9. The molecule has 180 valence electrons. The first kappa shape index (κ1) is 27.5. The zero-order valence-electron chi connectivity index (χ0n) is 19.2. The molecule has 10 heteroatoms. The number of unbranched alkanes of at least 4 members (excludes halogenated alkanes) is 1. The van der Waals surface area contributed by atoms with Crippen molar-refractivity contribution in [2.75, 3.05) is 0 Å². The van der Waals surface area contributed by atoms with Crippen molar-refractivity contribution in [3.05, 3.63) is 53.5 Å². The smallest absolute Gasteiger partial charge is 0.329 e. The van der Waals surface area contributed by atoms with Gasteiger partial charge in [0.1, 0.15) is 23.5 Å². The summed E-state index contributed by atoms with van der Waals surface area (Å²) in [5.41, 5.74) is 6.07. The van der Waals surface area contributed by atoms with E-state index in [0.717, 1.165) is 12.8 Å². The highest BCUT2D eigenvalue weighted by Crippen LogP contribution is 2.08. The molecule has 0 radical (unpaired) electrons. The number of nitrogens with two attached hydrogens (primary N) is 1. The highest BCUT2D eigenvalue weighted by Gasteiger charge is 2.26. The van der Waals surface area contributed by atoms with Gasteiger partial charge >= 0.3 is 11.9 Å². The number of nitrogens with zero attached hydrogens (tertiary/aromatic N) is 1. The highest BCUT2D eigenvalue weighted by atomic mass is 16.5. The molecule has 1 rings (SSSR count). The fourth-order valence-corrected chi connectivity index (χ4v) is 2.70. The first-order valence-electron chi connectivity index (χ1n) is 10.8. The molecule has 1 aromatic heterocycles. The maximum atomic E-state index is 12.7. The second-order valence-electron chi connectivity index (χ2n) is 7.10. The van der Waals surface area contributed by atoms with Crippen LogP contribution >= 0.6 is 0 Å². The predicted octanol–water partition coefficient (Wildman–Crippen LogP) is 1.81. The number of hydrogen-bond acceptors (Lipinski definition) is 7. The Hall–Kier alpha value is -3.53. The van der Waals surface area contributed by atoms with Crippen molar-refractivity contribution >= 4 is 23.8 Å². The minimum absolute atomic E-state index is 0.0730. The number of nitrogens with one attached hydrogen (secondary N) is 2. The molecule has 33 heavy (non-hydrogen) atoms. The molecule has 2 amide bonds. The number of carboxylic acids is 1. The Labute approximate surface area is 193 Å². The average molecular weight is 461 g/mol. The number of pyridine rings is 1. The van der Waals surface area contributed by atoms with Crippen molar-refractivity contribution in [3.63, 3.8) is 0 Å². The van der Waals surface area contributed by atoms with E-state index in [1.807, 2.05) is 6.92 Å². The van der Waals surface area contributed by atoms with Crippen molar-refractivity contribution in [2.24, 2.45) is 5.73 Å². The molecular weight excluding hydrogens is 428 g/mol. The van der Waals surface area contributed by atoms with Gasteiger partial charge in [0.2, 0.25) is 0 Å². The molecule has 0 spiro atoms. The first-order valence-corrected chi connectivity index (χ1v) is 10.8. The monoisotopic (exact) mass is 460 g/mol. The van der Waals surface area contributed by atoms with Gasteiger partial charge in [-0.2, -0.15) is 0 Å². The number of carbonyl (C=O) groups excluding carboxylic acids is 3. The van der Waals surface area contributed by atoms with Gasteiger partial charge in [-0.25, -0.2) is 9.78 Å². The fourth-order valence-electron chi connectivity index (χ4n) is 2.70. The summed E-state index contributed by atoms with van der Waals surface area (Å²) < 4.78 is 5.30. The van der Waals surface area contributed by atoms with Crippen LogP contribution in [0.1, 0.15) is 62.6 Å². The number of allylic oxidation sites excluding steroid dienone is 2. The highest BCUT2D eigenvalue weighted by molar-refractivity contribution is 6.02. The van der Waals surface area contributed by atoms with E-state index < -0.39 is 35.9 Å². The van der Waals surface area contributed by atoms with Crippen molar-refractivity contribution in [2.45, 2.75) is 65.1 Å². The Morgan fingerprint density at radius 2 is 1.97 bits per heavy atom. The molecule has 0 saturated carbocycles. The number of rotatable bonds is 13. The Morgan fingerprint density at radius 1 is 1.24 bits per heavy atom. The van der Waals surface area contributed by atoms with Crippen LogP contribution in [0.4, 0.5) is 0 Å². The maximum absolute atomic E-state index is 12.7. The second kappa shape index (κ2) is 14.5. The lowest BCUT2D eigenvalue weighted by Crippen LogP contribution is -2.45. The standard InChI is InChI=1S/C23H32N4O6/c1-4-7-8-11-16(13-20(28)29)33-23(32)18(6-3)27-21(30)17(5-2)26-22(31)19-12-9-10-15(14-24)25-19/h5,8-12,16,18H,4,6-7,13-14,24H2,1-3H3,(H,26,31)(H,27,30)(H,28,29)/b11-8+,17-5-/t16-,18+/m1/s1. The molecule has 0 unspecified atom stereocenters. The van der Waals surface area contributed by atoms with Gasteiger partial charge in [0, 0.05) is 6.54 Å². The number of aromatic nitrogens is 1. The summed E-state index contributed by atoms with van der Waals surface area (Å²) in [6.07, 6.45) is 5.12. The van der Waals surface area contributed by atoms with E-state index in [0.29, 0.717) is 5.69 Å². The molecule has 2 atom stereocenters. The molecular formula is C23H32N4O6. The minimum Gasteiger partial charge on any atom is -0.481 e. The van der Waals surface area contributed by atoms with Gasteiger partial charge in [0.15, 0.2) is 0 Å². The maximum Gasteiger partial charge on any atom is 0.329 e. The van der Waals surface area contributed by atoms with Gasteiger partial charge in [-0.15, -0.1) is 0 Å². The van der Waals surface area contributed by atoms with E-state index in [9.17, 15) is 19.2 Å². The van der Waals surface area contributed by atoms with Crippen LogP contribution in [0.2, 0.25) is 0 Å². The van der Waals surface area contributed by atoms with Gasteiger partial charge in [-0.1, -0.05) is 38.5 Å². The van der Waals surface area contributed by atoms with E-state index in [4.69, 9.17) is 15.6 Å². The molecule has 1 aromatic rings. The van der Waals surface area contributed by atoms with Crippen LogP contribution in [-0.4, -0.2) is 46.0 Å². The summed E-state index contributed by atoms with van der Waals surface area (Å²) in [5.74, 6) is -3.18. The van der Waals surface area contributed by atoms with Crippen LogP contribution in [0.15, 0.2) is 42.1 Å². The van der Waals surface area contributed by atoms with E-state index in [-0.39, 0.29) is 30.8 Å². The molecule has 0 bridgehead atoms. The molecule has 0 fully saturated rings. The summed E-state index contributed by atoms with van der Waals surface area (Å²) >= 11 is 0. The molecule has 1 heterocycles. The number of carbonyl (C=O) groups is 4. The lowest BCUT2D eigenvalue weighted by atomic mass is 10.2. The van der Waals surface area contributed by atoms with E-state index >= 15 is 0 Å². The number of carboxylic acid groups (broad SMARTS) is 1. The molecule has 5 N–H and O–H groups in total. The Bertz CT molecular complexity index is 897. The summed E-state index contributed by atoms with van der Waals surface area (Å²) in [6.45, 7) is 5.35. The van der Waals surface area contributed by atoms with Crippen LogP contribution in [0.5, 0.6) is 0 Å². The third-order valence-corrected chi connectivity index (χ3v) is 4.48. The number of esters is 1. The Balaban J connectivity index is 2.83. The zero-order chi connectivity index (χ0) is 24.8. The van der Waals surface area contributed by atoms with Crippen molar-refractivity contribution in [1.29, 1.82) is 0 Å². The molecule has 10 nitrogen and oxygen atoms in total. The number of ether oxygens (including phenoxy) is 1. The summed E-state index contributed by atoms with van der Waals surface area (Å²) in [5, 5.41) is 14.0. The van der Waals surface area contributed by atoms with Crippen molar-refractivity contribution in [3.8, 4) is 0 Å². The fraction of sp³-hybridized carbons (Fsp3) is 0.435. The van der Waals surface area contributed by atoms with Crippen molar-refractivity contribution < 1.29 is 29.0 Å².